The van der Waals surface area contributed by atoms with Crippen LogP contribution in [0.15, 0.2) is 47.4 Å². The van der Waals surface area contributed by atoms with E-state index in [9.17, 15) is 9.90 Å². The van der Waals surface area contributed by atoms with Gasteiger partial charge in [0.1, 0.15) is 4.32 Å². The average molecular weight is 387 g/mol. The molecular weight excluding hydrogens is 370 g/mol. The van der Waals surface area contributed by atoms with Crippen molar-refractivity contribution in [3.63, 3.8) is 0 Å². The molecule has 7 heteroatoms. The number of benzene rings is 2. The maximum atomic E-state index is 12.7. The molecule has 0 aromatic heterocycles. The summed E-state index contributed by atoms with van der Waals surface area (Å²) >= 11 is 6.62. The van der Waals surface area contributed by atoms with Crippen molar-refractivity contribution in [3.8, 4) is 17.2 Å². The standard InChI is InChI=1S/C19H17NO4S2/c1-23-14-8-13(9-15(24-2)17(14)21)10-16-18(22)20(19(25)26-16)11-12-6-4-3-5-7-12/h3-10,21H,11H2,1-2H3/b16-10-. The molecule has 5 nitrogen and oxygen atoms in total. The summed E-state index contributed by atoms with van der Waals surface area (Å²) in [7, 11) is 2.91. The molecule has 2 aromatic carbocycles. The van der Waals surface area contributed by atoms with E-state index >= 15 is 0 Å². The van der Waals surface area contributed by atoms with Crippen LogP contribution in [0.5, 0.6) is 17.2 Å². The second-order valence-corrected chi connectivity index (χ2v) is 7.20. The van der Waals surface area contributed by atoms with E-state index in [4.69, 9.17) is 21.7 Å². The Kier molecular flexibility index (Phi) is 5.49. The summed E-state index contributed by atoms with van der Waals surface area (Å²) in [6.07, 6.45) is 1.72. The third kappa shape index (κ3) is 3.68. The largest absolute Gasteiger partial charge is 0.502 e. The van der Waals surface area contributed by atoms with Crippen LogP contribution in [0.3, 0.4) is 0 Å². The molecule has 3 rings (SSSR count). The predicted molar refractivity (Wildman–Crippen MR) is 106 cm³/mol. The quantitative estimate of drug-likeness (QED) is 0.622. The van der Waals surface area contributed by atoms with Crippen molar-refractivity contribution in [3.05, 3.63) is 58.5 Å². The molecule has 0 spiro atoms. The Labute approximate surface area is 161 Å². The monoisotopic (exact) mass is 387 g/mol. The zero-order valence-corrected chi connectivity index (χ0v) is 15.9. The molecule has 0 saturated carbocycles. The molecule has 1 fully saturated rings. The van der Waals surface area contributed by atoms with Gasteiger partial charge in [0.2, 0.25) is 5.75 Å². The topological polar surface area (TPSA) is 59.0 Å². The second-order valence-electron chi connectivity index (χ2n) is 5.53. The lowest BCUT2D eigenvalue weighted by Gasteiger charge is -2.14. The molecule has 0 atom stereocenters. The molecule has 1 aliphatic rings. The summed E-state index contributed by atoms with van der Waals surface area (Å²) in [5, 5.41) is 10.0. The van der Waals surface area contributed by atoms with Crippen molar-refractivity contribution >= 4 is 40.3 Å². The van der Waals surface area contributed by atoms with Crippen molar-refractivity contribution < 1.29 is 19.4 Å². The lowest BCUT2D eigenvalue weighted by atomic mass is 10.1. The van der Waals surface area contributed by atoms with Gasteiger partial charge in [-0.2, -0.15) is 0 Å². The smallest absolute Gasteiger partial charge is 0.266 e. The number of carbonyl (C=O) groups excluding carboxylic acids is 1. The highest BCUT2D eigenvalue weighted by Gasteiger charge is 2.32. The van der Waals surface area contributed by atoms with E-state index in [0.29, 0.717) is 21.3 Å². The van der Waals surface area contributed by atoms with E-state index in [0.717, 1.165) is 5.56 Å². The van der Waals surface area contributed by atoms with Crippen LogP contribution in [0.2, 0.25) is 0 Å². The summed E-state index contributed by atoms with van der Waals surface area (Å²) < 4.78 is 10.8. The molecule has 1 saturated heterocycles. The van der Waals surface area contributed by atoms with Gasteiger partial charge in [-0.15, -0.1) is 0 Å². The molecule has 0 unspecified atom stereocenters. The first-order valence-corrected chi connectivity index (χ1v) is 9.00. The number of amides is 1. The van der Waals surface area contributed by atoms with Crippen molar-refractivity contribution in [2.45, 2.75) is 6.54 Å². The Morgan fingerprint density at radius 3 is 2.35 bits per heavy atom. The molecular formula is C19H17NO4S2. The molecule has 1 heterocycles. The SMILES string of the molecule is COc1cc(/C=C2\SC(=S)N(Cc3ccccc3)C2=O)cc(OC)c1O. The van der Waals surface area contributed by atoms with Crippen molar-refractivity contribution in [1.82, 2.24) is 4.90 Å². The van der Waals surface area contributed by atoms with Gasteiger partial charge in [0, 0.05) is 0 Å². The van der Waals surface area contributed by atoms with Crippen LogP contribution >= 0.6 is 24.0 Å². The number of thiocarbonyl (C=S) groups is 1. The first-order valence-electron chi connectivity index (χ1n) is 7.77. The number of ether oxygens (including phenoxy) is 2. The van der Waals surface area contributed by atoms with Gasteiger partial charge in [-0.1, -0.05) is 54.3 Å². The van der Waals surface area contributed by atoms with E-state index < -0.39 is 0 Å². The Morgan fingerprint density at radius 2 is 1.77 bits per heavy atom. The van der Waals surface area contributed by atoms with E-state index in [-0.39, 0.29) is 23.2 Å². The predicted octanol–water partition coefficient (Wildman–Crippen LogP) is 3.81. The number of hydrogen-bond donors (Lipinski definition) is 1. The lowest BCUT2D eigenvalue weighted by Crippen LogP contribution is -2.27. The zero-order chi connectivity index (χ0) is 18.7. The average Bonchev–Trinajstić information content (AvgIpc) is 2.91. The van der Waals surface area contributed by atoms with E-state index in [2.05, 4.69) is 0 Å². The Balaban J connectivity index is 1.88. The minimum Gasteiger partial charge on any atom is -0.502 e. The summed E-state index contributed by atoms with van der Waals surface area (Å²) in [6, 6.07) is 13.0. The van der Waals surface area contributed by atoms with Gasteiger partial charge in [0.15, 0.2) is 11.5 Å². The summed E-state index contributed by atoms with van der Waals surface area (Å²) in [6.45, 7) is 0.436. The van der Waals surface area contributed by atoms with Gasteiger partial charge in [0.05, 0.1) is 25.7 Å². The van der Waals surface area contributed by atoms with Crippen molar-refractivity contribution in [1.29, 1.82) is 0 Å². The van der Waals surface area contributed by atoms with E-state index in [1.165, 1.54) is 26.0 Å². The summed E-state index contributed by atoms with van der Waals surface area (Å²) in [5.74, 6) is 0.323. The van der Waals surface area contributed by atoms with E-state index in [1.54, 1.807) is 23.1 Å². The first kappa shape index (κ1) is 18.3. The van der Waals surface area contributed by atoms with Crippen LogP contribution in [-0.2, 0) is 11.3 Å². The number of rotatable bonds is 5. The van der Waals surface area contributed by atoms with Gasteiger partial charge >= 0.3 is 0 Å². The summed E-state index contributed by atoms with van der Waals surface area (Å²) in [5.41, 5.74) is 1.69. The van der Waals surface area contributed by atoms with Gasteiger partial charge < -0.3 is 14.6 Å². The Bertz CT molecular complexity index is 855. The maximum absolute atomic E-state index is 12.7. The van der Waals surface area contributed by atoms with Crippen LogP contribution in [0, 0.1) is 0 Å². The van der Waals surface area contributed by atoms with Crippen LogP contribution in [-0.4, -0.2) is 34.5 Å². The van der Waals surface area contributed by atoms with Crippen LogP contribution in [0.4, 0.5) is 0 Å². The number of nitrogens with zero attached hydrogens (tertiary/aromatic N) is 1. The molecule has 0 radical (unpaired) electrons. The molecule has 0 bridgehead atoms. The summed E-state index contributed by atoms with van der Waals surface area (Å²) in [4.78, 5) is 14.8. The normalized spacial score (nSPS) is 15.6. The minimum absolute atomic E-state index is 0.0798. The number of carbonyl (C=O) groups is 1. The fourth-order valence-corrected chi connectivity index (χ4v) is 3.81. The zero-order valence-electron chi connectivity index (χ0n) is 14.3. The van der Waals surface area contributed by atoms with Crippen LogP contribution in [0.1, 0.15) is 11.1 Å². The van der Waals surface area contributed by atoms with Gasteiger partial charge in [-0.05, 0) is 29.3 Å². The second kappa shape index (κ2) is 7.80. The fraction of sp³-hybridized carbons (Fsp3) is 0.158. The number of aromatic hydroxyl groups is 1. The highest BCUT2D eigenvalue weighted by Crippen LogP contribution is 2.39. The molecule has 0 aliphatic carbocycles. The maximum Gasteiger partial charge on any atom is 0.266 e. The highest BCUT2D eigenvalue weighted by molar-refractivity contribution is 8.26. The molecule has 1 aliphatic heterocycles. The van der Waals surface area contributed by atoms with Crippen LogP contribution < -0.4 is 9.47 Å². The first-order chi connectivity index (χ1) is 12.5. The molecule has 134 valence electrons. The fourth-order valence-electron chi connectivity index (χ4n) is 2.55. The third-order valence-corrected chi connectivity index (χ3v) is 5.23. The van der Waals surface area contributed by atoms with E-state index in [1.807, 2.05) is 30.3 Å². The number of thioether (sulfide) groups is 1. The van der Waals surface area contributed by atoms with Gasteiger partial charge in [-0.3, -0.25) is 9.69 Å². The van der Waals surface area contributed by atoms with Crippen molar-refractivity contribution in [2.75, 3.05) is 14.2 Å². The third-order valence-electron chi connectivity index (χ3n) is 3.86. The number of methoxy groups -OCH3 is 2. The molecule has 26 heavy (non-hydrogen) atoms. The van der Waals surface area contributed by atoms with Crippen molar-refractivity contribution in [2.24, 2.45) is 0 Å². The lowest BCUT2D eigenvalue weighted by molar-refractivity contribution is -0.122. The van der Waals surface area contributed by atoms with Crippen LogP contribution in [0.25, 0.3) is 6.08 Å². The Morgan fingerprint density at radius 1 is 1.15 bits per heavy atom. The molecule has 2 aromatic rings. The van der Waals surface area contributed by atoms with Gasteiger partial charge in [-0.25, -0.2) is 0 Å². The molecule has 1 N–H and O–H groups in total. The number of hydrogen-bond acceptors (Lipinski definition) is 6. The minimum atomic E-state index is -0.144. The molecule has 1 amide bonds. The number of phenols is 1. The van der Waals surface area contributed by atoms with Gasteiger partial charge in [0.25, 0.3) is 5.91 Å². The number of phenolic OH excluding ortho intramolecular Hbond substituents is 1. The Hall–Kier alpha value is -2.51. The highest BCUT2D eigenvalue weighted by atomic mass is 32.2.